The molecule has 1 fully saturated rings. The molecule has 0 atom stereocenters. The number of nitrogens with two attached hydrogens (primary N) is 1. The number of amides is 1. The number of hydrogen-bond acceptors (Lipinski definition) is 4. The second-order valence-electron chi connectivity index (χ2n) is 5.95. The Morgan fingerprint density at radius 1 is 1.35 bits per heavy atom. The minimum Gasteiger partial charge on any atom is -0.381 e. The number of para-hydroxylation sites is 2. The highest BCUT2D eigenvalue weighted by Gasteiger charge is 2.38. The van der Waals surface area contributed by atoms with Gasteiger partial charge in [-0.15, -0.1) is 0 Å². The van der Waals surface area contributed by atoms with Crippen molar-refractivity contribution in [1.82, 2.24) is 14.9 Å². The molecule has 0 unspecified atom stereocenters. The fourth-order valence-corrected chi connectivity index (χ4v) is 3.08. The summed E-state index contributed by atoms with van der Waals surface area (Å²) in [6, 6.07) is 7.50. The summed E-state index contributed by atoms with van der Waals surface area (Å²) in [5.74, 6) is -0.0452. The van der Waals surface area contributed by atoms with Gasteiger partial charge in [0.1, 0.15) is 0 Å². The maximum Gasteiger partial charge on any atom is 0.326 e. The zero-order valence-corrected chi connectivity index (χ0v) is 13.0. The highest BCUT2D eigenvalue weighted by Crippen LogP contribution is 2.29. The van der Waals surface area contributed by atoms with Crippen molar-refractivity contribution in [2.24, 2.45) is 11.1 Å². The first kappa shape index (κ1) is 15.8. The summed E-state index contributed by atoms with van der Waals surface area (Å²) in [6.07, 6.45) is 1.28. The zero-order chi connectivity index (χ0) is 16.3. The molecule has 3 rings (SSSR count). The van der Waals surface area contributed by atoms with Gasteiger partial charge in [0.25, 0.3) is 0 Å². The van der Waals surface area contributed by atoms with Crippen LogP contribution in [0.1, 0.15) is 12.8 Å². The average molecular weight is 318 g/mol. The highest BCUT2D eigenvalue weighted by atomic mass is 16.5. The standard InChI is InChI=1S/C16H22N4O3/c17-11-16(5-9-23-10-6-16)14(21)18-7-8-20-13-4-2-1-3-12(13)19-15(20)22/h1-4H,5-11,17H2,(H,18,21)(H,19,22). The fraction of sp³-hybridized carbons (Fsp3) is 0.500. The Morgan fingerprint density at radius 3 is 2.83 bits per heavy atom. The van der Waals surface area contributed by atoms with E-state index in [2.05, 4.69) is 10.3 Å². The lowest BCUT2D eigenvalue weighted by molar-refractivity contribution is -0.135. The first-order valence-corrected chi connectivity index (χ1v) is 7.90. The molecule has 0 aliphatic carbocycles. The Morgan fingerprint density at radius 2 is 2.09 bits per heavy atom. The molecule has 1 aliphatic rings. The summed E-state index contributed by atoms with van der Waals surface area (Å²) in [4.78, 5) is 27.3. The van der Waals surface area contributed by atoms with Crippen LogP contribution in [0.3, 0.4) is 0 Å². The van der Waals surface area contributed by atoms with Crippen LogP contribution in [0.2, 0.25) is 0 Å². The molecule has 1 saturated heterocycles. The third-order valence-electron chi connectivity index (χ3n) is 4.62. The molecule has 0 saturated carbocycles. The van der Waals surface area contributed by atoms with Crippen LogP contribution in [0, 0.1) is 5.41 Å². The minimum absolute atomic E-state index is 0.0452. The lowest BCUT2D eigenvalue weighted by Crippen LogP contribution is -2.49. The number of benzene rings is 1. The molecule has 1 amide bonds. The van der Waals surface area contributed by atoms with Gasteiger partial charge in [0.2, 0.25) is 5.91 Å². The smallest absolute Gasteiger partial charge is 0.326 e. The quantitative estimate of drug-likeness (QED) is 0.733. The van der Waals surface area contributed by atoms with Crippen molar-refractivity contribution in [3.8, 4) is 0 Å². The van der Waals surface area contributed by atoms with Crippen LogP contribution in [0.5, 0.6) is 0 Å². The van der Waals surface area contributed by atoms with E-state index >= 15 is 0 Å². The van der Waals surface area contributed by atoms with Gasteiger partial charge in [-0.25, -0.2) is 4.79 Å². The molecule has 0 bridgehead atoms. The van der Waals surface area contributed by atoms with E-state index in [0.717, 1.165) is 11.0 Å². The number of carbonyl (C=O) groups excluding carboxylic acids is 1. The van der Waals surface area contributed by atoms with E-state index in [-0.39, 0.29) is 11.6 Å². The van der Waals surface area contributed by atoms with E-state index in [9.17, 15) is 9.59 Å². The first-order valence-electron chi connectivity index (χ1n) is 7.90. The third kappa shape index (κ3) is 3.02. The molecule has 7 heteroatoms. The molecule has 1 aromatic heterocycles. The van der Waals surface area contributed by atoms with Crippen molar-refractivity contribution in [3.05, 3.63) is 34.7 Å². The molecule has 4 N–H and O–H groups in total. The maximum atomic E-state index is 12.5. The lowest BCUT2D eigenvalue weighted by Gasteiger charge is -2.34. The van der Waals surface area contributed by atoms with Crippen molar-refractivity contribution >= 4 is 16.9 Å². The summed E-state index contributed by atoms with van der Waals surface area (Å²) >= 11 is 0. The summed E-state index contributed by atoms with van der Waals surface area (Å²) in [5.41, 5.74) is 6.76. The van der Waals surface area contributed by atoms with Crippen LogP contribution < -0.4 is 16.7 Å². The Hall–Kier alpha value is -2.12. The van der Waals surface area contributed by atoms with E-state index < -0.39 is 5.41 Å². The van der Waals surface area contributed by atoms with Crippen LogP contribution in [0.4, 0.5) is 0 Å². The van der Waals surface area contributed by atoms with Gasteiger partial charge in [-0.3, -0.25) is 9.36 Å². The molecule has 1 aromatic carbocycles. The van der Waals surface area contributed by atoms with Crippen LogP contribution in [-0.4, -0.2) is 41.8 Å². The van der Waals surface area contributed by atoms with Gasteiger partial charge in [0, 0.05) is 32.8 Å². The predicted octanol–water partition coefficient (Wildman–Crippen LogP) is 0.201. The monoisotopic (exact) mass is 318 g/mol. The van der Waals surface area contributed by atoms with Crippen LogP contribution in [0.15, 0.2) is 29.1 Å². The summed E-state index contributed by atoms with van der Waals surface area (Å²) in [7, 11) is 0. The minimum atomic E-state index is -0.538. The fourth-order valence-electron chi connectivity index (χ4n) is 3.08. The SMILES string of the molecule is NCC1(C(=O)NCCn2c(=O)[nH]c3ccccc32)CCOCC1. The van der Waals surface area contributed by atoms with Gasteiger partial charge >= 0.3 is 5.69 Å². The van der Waals surface area contributed by atoms with Gasteiger partial charge in [-0.2, -0.15) is 0 Å². The summed E-state index contributed by atoms with van der Waals surface area (Å²) in [6.45, 7) is 2.25. The molecule has 124 valence electrons. The van der Waals surface area contributed by atoms with Crippen molar-refractivity contribution in [2.75, 3.05) is 26.3 Å². The highest BCUT2D eigenvalue weighted by molar-refractivity contribution is 5.83. The van der Waals surface area contributed by atoms with Gasteiger partial charge in [0.05, 0.1) is 16.4 Å². The summed E-state index contributed by atoms with van der Waals surface area (Å²) < 4.78 is 6.95. The molecular formula is C16H22N4O3. The Kier molecular flexibility index (Phi) is 4.49. The molecule has 0 radical (unpaired) electrons. The topological polar surface area (TPSA) is 102 Å². The number of ether oxygens (including phenoxy) is 1. The number of hydrogen-bond donors (Lipinski definition) is 3. The Labute approximate surface area is 133 Å². The molecule has 7 nitrogen and oxygen atoms in total. The van der Waals surface area contributed by atoms with E-state index in [1.807, 2.05) is 24.3 Å². The van der Waals surface area contributed by atoms with E-state index in [1.54, 1.807) is 4.57 Å². The number of nitrogens with one attached hydrogen (secondary N) is 2. The largest absolute Gasteiger partial charge is 0.381 e. The number of imidazole rings is 1. The molecule has 2 heterocycles. The second-order valence-corrected chi connectivity index (χ2v) is 5.95. The molecule has 23 heavy (non-hydrogen) atoms. The number of H-pyrrole nitrogens is 1. The Balaban J connectivity index is 1.65. The number of nitrogens with zero attached hydrogens (tertiary/aromatic N) is 1. The average Bonchev–Trinajstić information content (AvgIpc) is 2.91. The number of carbonyl (C=O) groups is 1. The third-order valence-corrected chi connectivity index (χ3v) is 4.62. The summed E-state index contributed by atoms with van der Waals surface area (Å²) in [5, 5.41) is 2.93. The van der Waals surface area contributed by atoms with E-state index in [4.69, 9.17) is 10.5 Å². The maximum absolute atomic E-state index is 12.5. The van der Waals surface area contributed by atoms with E-state index in [0.29, 0.717) is 45.7 Å². The van der Waals surface area contributed by atoms with Crippen LogP contribution >= 0.6 is 0 Å². The molecular weight excluding hydrogens is 296 g/mol. The molecule has 0 spiro atoms. The van der Waals surface area contributed by atoms with Crippen molar-refractivity contribution in [1.29, 1.82) is 0 Å². The van der Waals surface area contributed by atoms with Gasteiger partial charge < -0.3 is 20.8 Å². The van der Waals surface area contributed by atoms with Crippen LogP contribution in [0.25, 0.3) is 11.0 Å². The number of rotatable bonds is 5. The number of fused-ring (bicyclic) bond motifs is 1. The molecule has 2 aromatic rings. The normalized spacial score (nSPS) is 17.3. The molecule has 1 aliphatic heterocycles. The number of aromatic amines is 1. The van der Waals surface area contributed by atoms with Gasteiger partial charge in [-0.05, 0) is 25.0 Å². The van der Waals surface area contributed by atoms with Gasteiger partial charge in [0.15, 0.2) is 0 Å². The predicted molar refractivity (Wildman–Crippen MR) is 87.1 cm³/mol. The first-order chi connectivity index (χ1) is 11.2. The number of aromatic nitrogens is 2. The Bertz CT molecular complexity index is 743. The van der Waals surface area contributed by atoms with Crippen molar-refractivity contribution in [2.45, 2.75) is 19.4 Å². The van der Waals surface area contributed by atoms with E-state index in [1.165, 1.54) is 0 Å². The lowest BCUT2D eigenvalue weighted by atomic mass is 9.79. The van der Waals surface area contributed by atoms with Crippen LogP contribution in [-0.2, 0) is 16.1 Å². The van der Waals surface area contributed by atoms with Gasteiger partial charge in [-0.1, -0.05) is 12.1 Å². The second kappa shape index (κ2) is 6.55. The van der Waals surface area contributed by atoms with Crippen molar-refractivity contribution in [3.63, 3.8) is 0 Å². The zero-order valence-electron chi connectivity index (χ0n) is 13.0. The van der Waals surface area contributed by atoms with Crippen molar-refractivity contribution < 1.29 is 9.53 Å².